The van der Waals surface area contributed by atoms with E-state index < -0.39 is 0 Å². The minimum Gasteiger partial charge on any atom is -0.330 e. The number of imidazole rings is 1. The van der Waals surface area contributed by atoms with Crippen LogP contribution in [-0.2, 0) is 6.42 Å². The molecule has 0 bridgehead atoms. The highest BCUT2D eigenvalue weighted by molar-refractivity contribution is 5.86. The van der Waals surface area contributed by atoms with Crippen molar-refractivity contribution in [1.29, 1.82) is 0 Å². The smallest absolute Gasteiger partial charge is 0.115 e. The number of nitrogens with two attached hydrogens (primary N) is 1. The Kier molecular flexibility index (Phi) is 9.67. The van der Waals surface area contributed by atoms with Crippen molar-refractivity contribution in [3.63, 3.8) is 0 Å². The second-order valence-corrected chi connectivity index (χ2v) is 5.91. The Morgan fingerprint density at radius 3 is 2.31 bits per heavy atom. The van der Waals surface area contributed by atoms with Gasteiger partial charge in [0.15, 0.2) is 0 Å². The number of fused-ring (bicyclic) bond motifs is 1. The normalized spacial score (nSPS) is 9.41. The van der Waals surface area contributed by atoms with Gasteiger partial charge >= 0.3 is 0 Å². The summed E-state index contributed by atoms with van der Waals surface area (Å²) in [5.74, 6) is 7.22. The lowest BCUT2D eigenvalue weighted by Gasteiger charge is -2.08. The largest absolute Gasteiger partial charge is 0.330 e. The molecule has 0 aliphatic heterocycles. The number of nitrogens with zero attached hydrogens (tertiary/aromatic N) is 3. The van der Waals surface area contributed by atoms with Gasteiger partial charge in [0.05, 0.1) is 11.0 Å². The van der Waals surface area contributed by atoms with E-state index in [9.17, 15) is 0 Å². The zero-order valence-corrected chi connectivity index (χ0v) is 17.9. The van der Waals surface area contributed by atoms with Gasteiger partial charge in [-0.1, -0.05) is 30.2 Å². The topological polar surface area (TPSA) is 56.7 Å². The lowest BCUT2D eigenvalue weighted by atomic mass is 10.2. The molecule has 0 saturated carbocycles. The number of para-hydroxylation sites is 1. The molecule has 150 valence electrons. The second-order valence-electron chi connectivity index (χ2n) is 5.91. The maximum absolute atomic E-state index is 5.79. The molecule has 4 aromatic rings. The first-order chi connectivity index (χ1) is 12.8. The monoisotopic (exact) mass is 446 g/mol. The maximum Gasteiger partial charge on any atom is 0.115 e. The third kappa shape index (κ3) is 5.50. The van der Waals surface area contributed by atoms with Gasteiger partial charge in [0.25, 0.3) is 0 Å². The molecule has 4 rings (SSSR count). The van der Waals surface area contributed by atoms with E-state index in [2.05, 4.69) is 39.6 Å². The number of hydrogen-bond donors (Lipinski definition) is 1. The molecule has 7 heteroatoms. The van der Waals surface area contributed by atoms with Crippen molar-refractivity contribution in [3.8, 4) is 17.5 Å². The second kappa shape index (κ2) is 11.5. The summed E-state index contributed by atoms with van der Waals surface area (Å²) in [4.78, 5) is 9.03. The van der Waals surface area contributed by atoms with E-state index in [0.717, 1.165) is 40.2 Å². The van der Waals surface area contributed by atoms with Crippen molar-refractivity contribution in [3.05, 3.63) is 90.0 Å². The van der Waals surface area contributed by atoms with Crippen LogP contribution in [0.2, 0.25) is 0 Å². The molecule has 0 atom stereocenters. The van der Waals surface area contributed by atoms with E-state index in [1.807, 2.05) is 48.5 Å². The number of pyridine rings is 1. The Bertz CT molecular complexity index is 1100. The van der Waals surface area contributed by atoms with Gasteiger partial charge in [-0.3, -0.25) is 4.57 Å². The summed E-state index contributed by atoms with van der Waals surface area (Å²) >= 11 is 0. The van der Waals surface area contributed by atoms with Gasteiger partial charge in [0.2, 0.25) is 0 Å². The lowest BCUT2D eigenvalue weighted by molar-refractivity contribution is 0.848. The van der Waals surface area contributed by atoms with Crippen LogP contribution in [-0.4, -0.2) is 21.1 Å². The maximum atomic E-state index is 5.79. The Balaban J connectivity index is 0.00000140. The summed E-state index contributed by atoms with van der Waals surface area (Å²) < 4.78 is 2.16. The first-order valence-corrected chi connectivity index (χ1v) is 8.55. The zero-order valence-electron chi connectivity index (χ0n) is 15.5. The summed E-state index contributed by atoms with van der Waals surface area (Å²) in [6.07, 6.45) is 2.46. The Morgan fingerprint density at radius 2 is 1.62 bits per heavy atom. The number of hydrogen-bond acceptors (Lipinski definition) is 3. The van der Waals surface area contributed by atoms with Crippen LogP contribution in [0.5, 0.6) is 0 Å². The molecule has 0 amide bonds. The summed E-state index contributed by atoms with van der Waals surface area (Å²) in [7, 11) is 0. The fourth-order valence-corrected chi connectivity index (χ4v) is 2.94. The molecule has 0 radical (unpaired) electrons. The molecule has 29 heavy (non-hydrogen) atoms. The molecular weight excluding hydrogens is 427 g/mol. The van der Waals surface area contributed by atoms with Gasteiger partial charge in [0, 0.05) is 23.9 Å². The van der Waals surface area contributed by atoms with E-state index in [-0.39, 0.29) is 37.2 Å². The van der Waals surface area contributed by atoms with Crippen molar-refractivity contribution in [1.82, 2.24) is 14.5 Å². The molecule has 2 aromatic carbocycles. The van der Waals surface area contributed by atoms with Gasteiger partial charge in [-0.15, -0.1) is 37.2 Å². The molecular formula is C22H21Cl3N4. The van der Waals surface area contributed by atoms with Crippen LogP contribution in [0.4, 0.5) is 0 Å². The quantitative estimate of drug-likeness (QED) is 0.467. The molecule has 0 saturated heterocycles. The molecule has 0 unspecified atom stereocenters. The minimum atomic E-state index is 0. The van der Waals surface area contributed by atoms with E-state index in [1.54, 1.807) is 6.20 Å². The third-order valence-electron chi connectivity index (χ3n) is 4.11. The van der Waals surface area contributed by atoms with Gasteiger partial charge < -0.3 is 5.73 Å². The Morgan fingerprint density at radius 1 is 0.862 bits per heavy atom. The minimum absolute atomic E-state index is 0. The Labute approximate surface area is 188 Å². The summed E-state index contributed by atoms with van der Waals surface area (Å²) in [5, 5.41) is 0. The highest BCUT2D eigenvalue weighted by Gasteiger charge is 2.12. The predicted molar refractivity (Wildman–Crippen MR) is 126 cm³/mol. The third-order valence-corrected chi connectivity index (χ3v) is 4.11. The standard InChI is InChI=1S/C22H18N4.3ClH/c23-14-13-22-25-20-16-17(9-11-18-6-4-5-15-24-18)10-12-21(20)26(22)19-7-2-1-3-8-19;;;/h1-8,10,12,15-16H,13-14,23H2;3*1H. The Hall–Kier alpha value is -2.55. The van der Waals surface area contributed by atoms with E-state index >= 15 is 0 Å². The fraction of sp³-hybridized carbons (Fsp3) is 0.0909. The van der Waals surface area contributed by atoms with Crippen LogP contribution in [0.25, 0.3) is 16.7 Å². The first kappa shape index (κ1) is 24.5. The van der Waals surface area contributed by atoms with Gasteiger partial charge in [0.1, 0.15) is 11.5 Å². The first-order valence-electron chi connectivity index (χ1n) is 8.55. The van der Waals surface area contributed by atoms with E-state index in [0.29, 0.717) is 6.54 Å². The van der Waals surface area contributed by atoms with Gasteiger partial charge in [-0.05, 0) is 54.9 Å². The highest BCUT2D eigenvalue weighted by Crippen LogP contribution is 2.22. The highest BCUT2D eigenvalue weighted by atomic mass is 35.5. The number of halogens is 3. The van der Waals surface area contributed by atoms with Gasteiger partial charge in [-0.2, -0.15) is 0 Å². The van der Waals surface area contributed by atoms with Crippen molar-refractivity contribution in [2.45, 2.75) is 6.42 Å². The van der Waals surface area contributed by atoms with Crippen molar-refractivity contribution >= 4 is 48.3 Å². The summed E-state index contributed by atoms with van der Waals surface area (Å²) in [6.45, 7) is 0.558. The molecule has 2 heterocycles. The SMILES string of the molecule is Cl.Cl.Cl.NCCc1nc2cc(C#Cc3ccccn3)ccc2n1-c1ccccc1. The van der Waals surface area contributed by atoms with E-state index in [4.69, 9.17) is 10.7 Å². The van der Waals surface area contributed by atoms with Gasteiger partial charge in [-0.25, -0.2) is 9.97 Å². The molecule has 0 aliphatic rings. The van der Waals surface area contributed by atoms with E-state index in [1.165, 1.54) is 0 Å². The molecule has 4 nitrogen and oxygen atoms in total. The molecule has 0 fully saturated rings. The van der Waals surface area contributed by atoms with Crippen LogP contribution in [0.15, 0.2) is 72.9 Å². The predicted octanol–water partition coefficient (Wildman–Crippen LogP) is 4.59. The average Bonchev–Trinajstić information content (AvgIpc) is 3.05. The molecule has 0 aliphatic carbocycles. The van der Waals surface area contributed by atoms with Crippen LogP contribution in [0.3, 0.4) is 0 Å². The van der Waals surface area contributed by atoms with Crippen molar-refractivity contribution in [2.24, 2.45) is 5.73 Å². The lowest BCUT2D eigenvalue weighted by Crippen LogP contribution is -2.08. The van der Waals surface area contributed by atoms with Crippen LogP contribution in [0, 0.1) is 11.8 Å². The summed E-state index contributed by atoms with van der Waals surface area (Å²) in [6, 6.07) is 22.0. The number of rotatable bonds is 3. The summed E-state index contributed by atoms with van der Waals surface area (Å²) in [5.41, 5.74) is 10.5. The number of aromatic nitrogens is 3. The van der Waals surface area contributed by atoms with Crippen LogP contribution < -0.4 is 5.73 Å². The van der Waals surface area contributed by atoms with Crippen molar-refractivity contribution in [2.75, 3.05) is 6.54 Å². The number of benzene rings is 2. The molecule has 0 spiro atoms. The molecule has 2 N–H and O–H groups in total. The molecule has 2 aromatic heterocycles. The van der Waals surface area contributed by atoms with Crippen LogP contribution >= 0.6 is 37.2 Å². The fourth-order valence-electron chi connectivity index (χ4n) is 2.94. The average molecular weight is 448 g/mol. The zero-order chi connectivity index (χ0) is 17.8. The van der Waals surface area contributed by atoms with Crippen molar-refractivity contribution < 1.29 is 0 Å². The van der Waals surface area contributed by atoms with Crippen LogP contribution in [0.1, 0.15) is 17.1 Å².